The van der Waals surface area contributed by atoms with Crippen molar-refractivity contribution in [2.45, 2.75) is 0 Å². The summed E-state index contributed by atoms with van der Waals surface area (Å²) in [5, 5.41) is 23.2. The second-order valence-corrected chi connectivity index (χ2v) is 3.20. The lowest BCUT2D eigenvalue weighted by Crippen LogP contribution is -2.25. The van der Waals surface area contributed by atoms with E-state index in [1.54, 1.807) is 0 Å². The van der Waals surface area contributed by atoms with E-state index in [4.69, 9.17) is 0 Å². The van der Waals surface area contributed by atoms with E-state index in [1.165, 1.54) is 0 Å². The summed E-state index contributed by atoms with van der Waals surface area (Å²) in [4.78, 5) is 30.8. The van der Waals surface area contributed by atoms with Gasteiger partial charge in [-0.05, 0) is 0 Å². The molecule has 9 heteroatoms. The van der Waals surface area contributed by atoms with E-state index in [0.29, 0.717) is 0 Å². The zero-order chi connectivity index (χ0) is 13.7. The first kappa shape index (κ1) is 13.5. The molecule has 0 saturated carbocycles. The van der Waals surface area contributed by atoms with Crippen molar-refractivity contribution in [1.29, 1.82) is 0 Å². The number of nitro groups is 2. The summed E-state index contributed by atoms with van der Waals surface area (Å²) in [7, 11) is 0. The molecule has 0 aromatic heterocycles. The Kier molecular flexibility index (Phi) is 4.24. The number of carbonyl (C=O) groups is 1. The fraction of sp³-hybridized carbons (Fsp3) is 0.222. The van der Waals surface area contributed by atoms with Crippen LogP contribution in [0.15, 0.2) is 18.2 Å². The third kappa shape index (κ3) is 3.20. The molecule has 0 unspecified atom stereocenters. The smallest absolute Gasteiger partial charge is 0.277 e. The molecule has 18 heavy (non-hydrogen) atoms. The van der Waals surface area contributed by atoms with Gasteiger partial charge in [-0.3, -0.25) is 25.0 Å². The van der Waals surface area contributed by atoms with Crippen LogP contribution < -0.4 is 5.32 Å². The molecule has 0 fully saturated rings. The highest BCUT2D eigenvalue weighted by molar-refractivity contribution is 5.95. The number of non-ortho nitro benzene ring substituents is 2. The Morgan fingerprint density at radius 1 is 1.17 bits per heavy atom. The van der Waals surface area contributed by atoms with Crippen LogP contribution in [0.1, 0.15) is 10.4 Å². The lowest BCUT2D eigenvalue weighted by atomic mass is 10.1. The van der Waals surface area contributed by atoms with Crippen LogP contribution in [-0.2, 0) is 0 Å². The van der Waals surface area contributed by atoms with E-state index in [-0.39, 0.29) is 12.1 Å². The van der Waals surface area contributed by atoms with E-state index in [9.17, 15) is 29.4 Å². The first-order valence-corrected chi connectivity index (χ1v) is 4.73. The fourth-order valence-corrected chi connectivity index (χ4v) is 1.20. The van der Waals surface area contributed by atoms with Crippen molar-refractivity contribution in [2.75, 3.05) is 13.2 Å². The molecule has 0 radical (unpaired) electrons. The topological polar surface area (TPSA) is 115 Å². The molecular formula is C9H8FN3O5. The minimum Gasteiger partial charge on any atom is -0.349 e. The van der Waals surface area contributed by atoms with Crippen LogP contribution in [0.4, 0.5) is 15.8 Å². The zero-order valence-corrected chi connectivity index (χ0v) is 8.96. The number of alkyl halides is 1. The van der Waals surface area contributed by atoms with Crippen LogP contribution in [-0.4, -0.2) is 29.0 Å². The van der Waals surface area contributed by atoms with Crippen molar-refractivity contribution in [1.82, 2.24) is 5.32 Å². The first-order valence-electron chi connectivity index (χ1n) is 4.73. The summed E-state index contributed by atoms with van der Waals surface area (Å²) in [6.45, 7) is -1.07. The molecule has 96 valence electrons. The zero-order valence-electron chi connectivity index (χ0n) is 8.96. The summed E-state index contributed by atoms with van der Waals surface area (Å²) < 4.78 is 11.9. The Balaban J connectivity index is 3.14. The normalized spacial score (nSPS) is 9.83. The van der Waals surface area contributed by atoms with Gasteiger partial charge in [-0.25, -0.2) is 4.39 Å². The summed E-state index contributed by atoms with van der Waals surface area (Å²) in [5.41, 5.74) is -1.41. The van der Waals surface area contributed by atoms with Gasteiger partial charge in [0, 0.05) is 18.7 Å². The minimum absolute atomic E-state index is 0.260. The first-order chi connectivity index (χ1) is 8.45. The maximum absolute atomic E-state index is 11.9. The van der Waals surface area contributed by atoms with Gasteiger partial charge in [0.25, 0.3) is 17.3 Å². The van der Waals surface area contributed by atoms with Crippen LogP contribution >= 0.6 is 0 Å². The van der Waals surface area contributed by atoms with Gasteiger partial charge in [-0.1, -0.05) is 0 Å². The molecule has 0 aliphatic heterocycles. The fourth-order valence-electron chi connectivity index (χ4n) is 1.20. The van der Waals surface area contributed by atoms with Crippen LogP contribution in [0.2, 0.25) is 0 Å². The lowest BCUT2D eigenvalue weighted by molar-refractivity contribution is -0.394. The summed E-state index contributed by atoms with van der Waals surface area (Å²) in [5.74, 6) is -0.806. The predicted octanol–water partition coefficient (Wildman–Crippen LogP) is 1.20. The Labute approximate surface area is 99.7 Å². The molecule has 1 aromatic rings. The van der Waals surface area contributed by atoms with Gasteiger partial charge in [-0.2, -0.15) is 0 Å². The van der Waals surface area contributed by atoms with Gasteiger partial charge in [0.2, 0.25) is 0 Å². The van der Waals surface area contributed by atoms with Gasteiger partial charge < -0.3 is 5.32 Å². The molecule has 1 amide bonds. The van der Waals surface area contributed by atoms with Crippen LogP contribution in [0.25, 0.3) is 0 Å². The number of benzene rings is 1. The molecule has 0 atom stereocenters. The van der Waals surface area contributed by atoms with Crippen LogP contribution in [0.3, 0.4) is 0 Å². The number of rotatable bonds is 5. The van der Waals surface area contributed by atoms with Crippen molar-refractivity contribution in [3.63, 3.8) is 0 Å². The average Bonchev–Trinajstić information content (AvgIpc) is 2.35. The van der Waals surface area contributed by atoms with Crippen LogP contribution in [0, 0.1) is 20.2 Å². The number of amides is 1. The number of nitrogens with zero attached hydrogens (tertiary/aromatic N) is 2. The molecule has 1 rings (SSSR count). The quantitative estimate of drug-likeness (QED) is 0.628. The molecule has 8 nitrogen and oxygen atoms in total. The molecule has 0 saturated heterocycles. The van der Waals surface area contributed by atoms with Crippen molar-refractivity contribution >= 4 is 17.3 Å². The van der Waals surface area contributed by atoms with Gasteiger partial charge in [0.05, 0.1) is 21.5 Å². The van der Waals surface area contributed by atoms with Gasteiger partial charge in [0.15, 0.2) is 0 Å². The second kappa shape index (κ2) is 5.66. The van der Waals surface area contributed by atoms with Crippen molar-refractivity contribution < 1.29 is 19.0 Å². The SMILES string of the molecule is O=C(NCCF)c1cc([N+](=O)[O-])cc([N+](=O)[O-])c1. The number of carbonyl (C=O) groups excluding carboxylic acids is 1. The van der Waals surface area contributed by atoms with E-state index in [2.05, 4.69) is 5.32 Å². The van der Waals surface area contributed by atoms with Crippen LogP contribution in [0.5, 0.6) is 0 Å². The molecule has 0 spiro atoms. The van der Waals surface area contributed by atoms with Gasteiger partial charge in [-0.15, -0.1) is 0 Å². The third-order valence-corrected chi connectivity index (χ3v) is 1.97. The number of nitrogens with one attached hydrogen (secondary N) is 1. The Morgan fingerprint density at radius 2 is 1.67 bits per heavy atom. The average molecular weight is 257 g/mol. The standard InChI is InChI=1S/C9H8FN3O5/c10-1-2-11-9(14)6-3-7(12(15)16)5-8(4-6)13(17)18/h3-5H,1-2H2,(H,11,14). The summed E-state index contributed by atoms with van der Waals surface area (Å²) >= 11 is 0. The van der Waals surface area contributed by atoms with Crippen molar-refractivity contribution in [2.24, 2.45) is 0 Å². The van der Waals surface area contributed by atoms with E-state index < -0.39 is 33.8 Å². The Bertz CT molecular complexity index is 473. The number of halogens is 1. The maximum atomic E-state index is 11.9. The number of hydrogen-bond acceptors (Lipinski definition) is 5. The van der Waals surface area contributed by atoms with E-state index in [1.807, 2.05) is 0 Å². The third-order valence-electron chi connectivity index (χ3n) is 1.97. The minimum atomic E-state index is -0.848. The summed E-state index contributed by atoms with van der Waals surface area (Å²) in [6, 6.07) is 2.52. The monoisotopic (exact) mass is 257 g/mol. The second-order valence-electron chi connectivity index (χ2n) is 3.20. The van der Waals surface area contributed by atoms with Gasteiger partial charge >= 0.3 is 0 Å². The molecule has 1 N–H and O–H groups in total. The molecule has 0 bridgehead atoms. The molecule has 1 aromatic carbocycles. The molecule has 0 aliphatic carbocycles. The summed E-state index contributed by atoms with van der Waals surface area (Å²) in [6.07, 6.45) is 0. The maximum Gasteiger partial charge on any atom is 0.277 e. The lowest BCUT2D eigenvalue weighted by Gasteiger charge is -2.02. The van der Waals surface area contributed by atoms with E-state index in [0.717, 1.165) is 18.2 Å². The number of nitro benzene ring substituents is 2. The highest BCUT2D eigenvalue weighted by atomic mass is 19.1. The number of hydrogen-bond donors (Lipinski definition) is 1. The highest BCUT2D eigenvalue weighted by Gasteiger charge is 2.19. The van der Waals surface area contributed by atoms with E-state index >= 15 is 0 Å². The Morgan fingerprint density at radius 3 is 2.06 bits per heavy atom. The Hall–Kier alpha value is -2.58. The van der Waals surface area contributed by atoms with Gasteiger partial charge in [0.1, 0.15) is 6.67 Å². The largest absolute Gasteiger partial charge is 0.349 e. The molecular weight excluding hydrogens is 249 g/mol. The predicted molar refractivity (Wildman–Crippen MR) is 58.1 cm³/mol. The van der Waals surface area contributed by atoms with Crippen molar-refractivity contribution in [3.8, 4) is 0 Å². The molecule has 0 aliphatic rings. The molecule has 0 heterocycles. The highest BCUT2D eigenvalue weighted by Crippen LogP contribution is 2.22. The van der Waals surface area contributed by atoms with Crippen molar-refractivity contribution in [3.05, 3.63) is 44.0 Å².